The van der Waals surface area contributed by atoms with Crippen LogP contribution in [0.4, 0.5) is 0 Å². The van der Waals surface area contributed by atoms with Crippen molar-refractivity contribution in [1.82, 2.24) is 0 Å². The van der Waals surface area contributed by atoms with Gasteiger partial charge >= 0.3 is 0 Å². The molecule has 20 heavy (non-hydrogen) atoms. The smallest absolute Gasteiger partial charge is 0.204 e. The largest absolute Gasteiger partial charge is 0.493 e. The number of ether oxygens (including phenoxy) is 3. The summed E-state index contributed by atoms with van der Waals surface area (Å²) in [4.78, 5) is 0. The first-order chi connectivity index (χ1) is 9.80. The minimum atomic E-state index is 0.356. The first-order valence-corrected chi connectivity index (χ1v) is 6.80. The van der Waals surface area contributed by atoms with E-state index in [1.807, 2.05) is 42.5 Å². The van der Waals surface area contributed by atoms with Crippen molar-refractivity contribution in [2.75, 3.05) is 14.2 Å². The zero-order valence-corrected chi connectivity index (χ0v) is 12.3. The summed E-state index contributed by atoms with van der Waals surface area (Å²) in [5.41, 5.74) is 1.95. The van der Waals surface area contributed by atoms with Crippen molar-refractivity contribution in [3.05, 3.63) is 53.6 Å². The molecule has 0 amide bonds. The number of halogens is 1. The summed E-state index contributed by atoms with van der Waals surface area (Å²) < 4.78 is 16.6. The van der Waals surface area contributed by atoms with Gasteiger partial charge in [-0.25, -0.2) is 0 Å². The SMILES string of the molecule is COc1ccc(CCl)c(OC)c1OCc1ccccc1. The monoisotopic (exact) mass is 292 g/mol. The maximum atomic E-state index is 5.92. The number of rotatable bonds is 6. The predicted octanol–water partition coefficient (Wildman–Crippen LogP) is 4.02. The van der Waals surface area contributed by atoms with Crippen LogP contribution in [0.1, 0.15) is 11.1 Å². The second-order valence-corrected chi connectivity index (χ2v) is 4.46. The van der Waals surface area contributed by atoms with E-state index in [9.17, 15) is 0 Å². The fourth-order valence-corrected chi connectivity index (χ4v) is 2.15. The fourth-order valence-electron chi connectivity index (χ4n) is 1.94. The van der Waals surface area contributed by atoms with Crippen molar-refractivity contribution in [2.24, 2.45) is 0 Å². The average Bonchev–Trinajstić information content (AvgIpc) is 2.52. The molecule has 0 heterocycles. The molecule has 4 heteroatoms. The number of hydrogen-bond acceptors (Lipinski definition) is 3. The van der Waals surface area contributed by atoms with E-state index < -0.39 is 0 Å². The summed E-state index contributed by atoms with van der Waals surface area (Å²) >= 11 is 5.92. The normalized spacial score (nSPS) is 10.2. The molecule has 0 spiro atoms. The first kappa shape index (κ1) is 14.5. The van der Waals surface area contributed by atoms with Crippen LogP contribution in [-0.4, -0.2) is 14.2 Å². The third-order valence-corrected chi connectivity index (χ3v) is 3.24. The maximum absolute atomic E-state index is 5.92. The lowest BCUT2D eigenvalue weighted by Crippen LogP contribution is -2.01. The lowest BCUT2D eigenvalue weighted by Gasteiger charge is -2.16. The average molecular weight is 293 g/mol. The molecule has 0 fully saturated rings. The molecular weight excluding hydrogens is 276 g/mol. The van der Waals surface area contributed by atoms with Crippen LogP contribution in [0.3, 0.4) is 0 Å². The molecule has 2 aromatic rings. The van der Waals surface area contributed by atoms with Crippen molar-refractivity contribution < 1.29 is 14.2 Å². The van der Waals surface area contributed by atoms with Gasteiger partial charge < -0.3 is 14.2 Å². The Morgan fingerprint density at radius 3 is 2.25 bits per heavy atom. The third kappa shape index (κ3) is 3.17. The highest BCUT2D eigenvalue weighted by Gasteiger charge is 2.16. The van der Waals surface area contributed by atoms with Gasteiger partial charge in [-0.15, -0.1) is 11.6 Å². The van der Waals surface area contributed by atoms with Crippen LogP contribution >= 0.6 is 11.6 Å². The molecule has 0 saturated carbocycles. The summed E-state index contributed by atoms with van der Waals surface area (Å²) in [6, 6.07) is 13.6. The van der Waals surface area contributed by atoms with Gasteiger partial charge in [0.15, 0.2) is 11.5 Å². The Morgan fingerprint density at radius 2 is 1.65 bits per heavy atom. The molecule has 0 N–H and O–H groups in total. The highest BCUT2D eigenvalue weighted by atomic mass is 35.5. The molecule has 2 rings (SSSR count). The Balaban J connectivity index is 2.28. The number of hydrogen-bond donors (Lipinski definition) is 0. The van der Waals surface area contributed by atoms with Crippen LogP contribution in [0.5, 0.6) is 17.2 Å². The van der Waals surface area contributed by atoms with Gasteiger partial charge in [-0.2, -0.15) is 0 Å². The van der Waals surface area contributed by atoms with Gasteiger partial charge in [0.2, 0.25) is 5.75 Å². The van der Waals surface area contributed by atoms with Crippen molar-refractivity contribution in [3.63, 3.8) is 0 Å². The van der Waals surface area contributed by atoms with Gasteiger partial charge in [-0.1, -0.05) is 36.4 Å². The van der Waals surface area contributed by atoms with E-state index in [2.05, 4.69) is 0 Å². The van der Waals surface area contributed by atoms with E-state index in [1.165, 1.54) is 0 Å². The Bertz CT molecular complexity index is 555. The van der Waals surface area contributed by atoms with Crippen LogP contribution in [0, 0.1) is 0 Å². The van der Waals surface area contributed by atoms with Gasteiger partial charge in [-0.05, 0) is 11.6 Å². The molecule has 0 atom stereocenters. The van der Waals surface area contributed by atoms with Crippen molar-refractivity contribution >= 4 is 11.6 Å². The Hall–Kier alpha value is -1.87. The van der Waals surface area contributed by atoms with Crippen LogP contribution in [-0.2, 0) is 12.5 Å². The molecule has 0 radical (unpaired) electrons. The lowest BCUT2D eigenvalue weighted by atomic mass is 10.2. The molecule has 0 saturated heterocycles. The summed E-state index contributed by atoms with van der Waals surface area (Å²) in [5.74, 6) is 2.19. The van der Waals surface area contributed by atoms with Gasteiger partial charge in [0.1, 0.15) is 6.61 Å². The van der Waals surface area contributed by atoms with Gasteiger partial charge in [0, 0.05) is 5.56 Å². The first-order valence-electron chi connectivity index (χ1n) is 6.26. The molecule has 0 aliphatic carbocycles. The van der Waals surface area contributed by atoms with Gasteiger partial charge in [-0.3, -0.25) is 0 Å². The quantitative estimate of drug-likeness (QED) is 0.753. The Kier molecular flexibility index (Phi) is 5.13. The van der Waals surface area contributed by atoms with E-state index in [0.29, 0.717) is 29.7 Å². The van der Waals surface area contributed by atoms with Crippen LogP contribution in [0.25, 0.3) is 0 Å². The molecule has 0 aliphatic heterocycles. The number of methoxy groups -OCH3 is 2. The molecule has 0 aromatic heterocycles. The standard InChI is InChI=1S/C16H17ClO3/c1-18-14-9-8-13(10-17)15(19-2)16(14)20-11-12-6-4-3-5-7-12/h3-9H,10-11H2,1-2H3. The Labute approximate surface area is 124 Å². The second-order valence-electron chi connectivity index (χ2n) is 4.20. The van der Waals surface area contributed by atoms with Gasteiger partial charge in [0.25, 0.3) is 0 Å². The van der Waals surface area contributed by atoms with E-state index in [-0.39, 0.29) is 0 Å². The molecule has 0 aliphatic rings. The number of alkyl halides is 1. The minimum absolute atomic E-state index is 0.356. The highest BCUT2D eigenvalue weighted by Crippen LogP contribution is 2.41. The van der Waals surface area contributed by atoms with Crippen molar-refractivity contribution in [1.29, 1.82) is 0 Å². The van der Waals surface area contributed by atoms with E-state index in [4.69, 9.17) is 25.8 Å². The predicted molar refractivity (Wildman–Crippen MR) is 79.9 cm³/mol. The summed E-state index contributed by atoms with van der Waals surface area (Å²) in [7, 11) is 3.20. The highest BCUT2D eigenvalue weighted by molar-refractivity contribution is 6.17. The summed E-state index contributed by atoms with van der Waals surface area (Å²) in [6.45, 7) is 0.444. The molecular formula is C16H17ClO3. The molecule has 0 bridgehead atoms. The summed E-state index contributed by atoms with van der Waals surface area (Å²) in [5, 5.41) is 0. The van der Waals surface area contributed by atoms with Crippen molar-refractivity contribution in [2.45, 2.75) is 12.5 Å². The fraction of sp³-hybridized carbons (Fsp3) is 0.250. The number of benzene rings is 2. The Morgan fingerprint density at radius 1 is 0.900 bits per heavy atom. The van der Waals surface area contributed by atoms with Crippen LogP contribution < -0.4 is 14.2 Å². The molecule has 2 aromatic carbocycles. The van der Waals surface area contributed by atoms with E-state index in [0.717, 1.165) is 11.1 Å². The minimum Gasteiger partial charge on any atom is -0.493 e. The molecule has 3 nitrogen and oxygen atoms in total. The zero-order chi connectivity index (χ0) is 14.4. The van der Waals surface area contributed by atoms with E-state index in [1.54, 1.807) is 14.2 Å². The lowest BCUT2D eigenvalue weighted by molar-refractivity contribution is 0.265. The third-order valence-electron chi connectivity index (χ3n) is 2.95. The topological polar surface area (TPSA) is 27.7 Å². The van der Waals surface area contributed by atoms with Crippen LogP contribution in [0.15, 0.2) is 42.5 Å². The maximum Gasteiger partial charge on any atom is 0.204 e. The van der Waals surface area contributed by atoms with E-state index >= 15 is 0 Å². The molecule has 106 valence electrons. The van der Waals surface area contributed by atoms with Crippen molar-refractivity contribution in [3.8, 4) is 17.2 Å². The van der Waals surface area contributed by atoms with Gasteiger partial charge in [0.05, 0.1) is 20.1 Å². The second kappa shape index (κ2) is 7.06. The zero-order valence-electron chi connectivity index (χ0n) is 11.6. The van der Waals surface area contributed by atoms with Crippen LogP contribution in [0.2, 0.25) is 0 Å². The summed E-state index contributed by atoms with van der Waals surface area (Å²) in [6.07, 6.45) is 0. The molecule has 0 unspecified atom stereocenters.